The molecule has 1 fully saturated rings. The van der Waals surface area contributed by atoms with Gasteiger partial charge in [-0.3, -0.25) is 4.72 Å². The first-order valence-electron chi connectivity index (χ1n) is 6.24. The van der Waals surface area contributed by atoms with Crippen LogP contribution in [0, 0.1) is 0 Å². The largest absolute Gasteiger partial charge is 0.490 e. The minimum Gasteiger partial charge on any atom is -0.490 e. The number of rotatable bonds is 5. The van der Waals surface area contributed by atoms with Crippen molar-refractivity contribution in [3.8, 4) is 5.75 Å². The highest BCUT2D eigenvalue weighted by Crippen LogP contribution is 2.28. The second kappa shape index (κ2) is 5.78. The van der Waals surface area contributed by atoms with Crippen LogP contribution in [0.5, 0.6) is 5.75 Å². The fourth-order valence-corrected chi connectivity index (χ4v) is 2.59. The van der Waals surface area contributed by atoms with Crippen molar-refractivity contribution >= 4 is 11.9 Å². The minimum absolute atomic E-state index is 0.391. The van der Waals surface area contributed by atoms with E-state index in [0.717, 1.165) is 18.6 Å². The Morgan fingerprint density at radius 2 is 2.12 bits per heavy atom. The molecule has 0 unspecified atom stereocenters. The topological polar surface area (TPSA) is 21.3 Å². The lowest BCUT2D eigenvalue weighted by atomic mass is 9.90. The van der Waals surface area contributed by atoms with Crippen molar-refractivity contribution in [2.45, 2.75) is 44.8 Å². The maximum Gasteiger partial charge on any atom is 0.120 e. The van der Waals surface area contributed by atoms with Gasteiger partial charge in [-0.15, -0.1) is 0 Å². The summed E-state index contributed by atoms with van der Waals surface area (Å²) in [7, 11) is 0. The normalized spacial score (nSPS) is 23.5. The van der Waals surface area contributed by atoms with E-state index in [2.05, 4.69) is 49.1 Å². The molecule has 2 rings (SSSR count). The summed E-state index contributed by atoms with van der Waals surface area (Å²) in [5, 5.41) is 0. The molecule has 0 heterocycles. The maximum absolute atomic E-state index is 5.97. The average Bonchev–Trinajstić information content (AvgIpc) is 2.27. The second-order valence-electron chi connectivity index (χ2n) is 4.96. The lowest BCUT2D eigenvalue weighted by molar-refractivity contribution is 0.0956. The summed E-state index contributed by atoms with van der Waals surface area (Å²) in [6.07, 6.45) is 4.70. The molecule has 1 N–H and O–H groups in total. The van der Waals surface area contributed by atoms with Gasteiger partial charge in [-0.1, -0.05) is 37.9 Å². The van der Waals surface area contributed by atoms with Gasteiger partial charge in [-0.25, -0.2) is 0 Å². The van der Waals surface area contributed by atoms with Crippen molar-refractivity contribution in [1.29, 1.82) is 0 Å². The van der Waals surface area contributed by atoms with Crippen LogP contribution in [0.2, 0.25) is 0 Å². The first-order valence-corrected chi connectivity index (χ1v) is 7.46. The Labute approximate surface area is 108 Å². The third kappa shape index (κ3) is 3.39. The van der Waals surface area contributed by atoms with Crippen molar-refractivity contribution in [3.05, 3.63) is 29.8 Å². The molecule has 1 saturated carbocycles. The number of hydrogen-bond donors (Lipinski definition) is 1. The van der Waals surface area contributed by atoms with E-state index >= 15 is 0 Å². The molecule has 1 aromatic rings. The van der Waals surface area contributed by atoms with Crippen LogP contribution >= 0.6 is 11.9 Å². The summed E-state index contributed by atoms with van der Waals surface area (Å²) in [4.78, 5) is 0. The van der Waals surface area contributed by atoms with Crippen LogP contribution < -0.4 is 9.46 Å². The molecule has 0 aliphatic heterocycles. The van der Waals surface area contributed by atoms with Crippen molar-refractivity contribution in [3.63, 3.8) is 0 Å². The fourth-order valence-electron chi connectivity index (χ4n) is 2.06. The number of hydrogen-bond acceptors (Lipinski definition) is 3. The maximum atomic E-state index is 5.97. The average molecular weight is 251 g/mol. The summed E-state index contributed by atoms with van der Waals surface area (Å²) < 4.78 is 9.33. The molecule has 3 heteroatoms. The van der Waals surface area contributed by atoms with Crippen molar-refractivity contribution in [1.82, 2.24) is 4.72 Å². The van der Waals surface area contributed by atoms with Crippen molar-refractivity contribution < 1.29 is 4.74 Å². The molecule has 1 aromatic carbocycles. The molecule has 1 aliphatic carbocycles. The Bertz CT molecular complexity index is 361. The van der Waals surface area contributed by atoms with Gasteiger partial charge in [0.2, 0.25) is 0 Å². The van der Waals surface area contributed by atoms with Gasteiger partial charge in [0.25, 0.3) is 0 Å². The monoisotopic (exact) mass is 251 g/mol. The SMILES string of the molecule is CSNC1CC(Oc2cccc(C(C)C)c2)C1. The highest BCUT2D eigenvalue weighted by molar-refractivity contribution is 7.96. The van der Waals surface area contributed by atoms with Gasteiger partial charge >= 0.3 is 0 Å². The van der Waals surface area contributed by atoms with Gasteiger partial charge < -0.3 is 4.74 Å². The molecule has 0 aromatic heterocycles. The molecule has 1 aliphatic rings. The minimum atomic E-state index is 0.391. The van der Waals surface area contributed by atoms with Gasteiger partial charge in [0.05, 0.1) is 0 Å². The van der Waals surface area contributed by atoms with Crippen LogP contribution in [0.25, 0.3) is 0 Å². The Balaban J connectivity index is 1.86. The predicted octanol–water partition coefficient (Wildman–Crippen LogP) is 3.59. The molecule has 0 saturated heterocycles. The number of nitrogens with one attached hydrogen (secondary N) is 1. The molecular formula is C14H21NOS. The van der Waals surface area contributed by atoms with Gasteiger partial charge in [-0.2, -0.15) is 0 Å². The zero-order valence-electron chi connectivity index (χ0n) is 10.8. The van der Waals surface area contributed by atoms with E-state index in [1.165, 1.54) is 5.56 Å². The van der Waals surface area contributed by atoms with Gasteiger partial charge in [0.1, 0.15) is 11.9 Å². The zero-order chi connectivity index (χ0) is 12.3. The van der Waals surface area contributed by atoms with Crippen LogP contribution in [0.1, 0.15) is 38.2 Å². The van der Waals surface area contributed by atoms with Gasteiger partial charge in [0.15, 0.2) is 0 Å². The van der Waals surface area contributed by atoms with E-state index in [1.54, 1.807) is 11.9 Å². The van der Waals surface area contributed by atoms with Crippen LogP contribution in [-0.4, -0.2) is 18.4 Å². The van der Waals surface area contributed by atoms with Crippen LogP contribution in [0.3, 0.4) is 0 Å². The van der Waals surface area contributed by atoms with Crippen LogP contribution in [0.4, 0.5) is 0 Å². The Hall–Kier alpha value is -0.670. The highest BCUT2D eigenvalue weighted by atomic mass is 32.2. The highest BCUT2D eigenvalue weighted by Gasteiger charge is 2.30. The molecular weight excluding hydrogens is 230 g/mol. The van der Waals surface area contributed by atoms with Crippen molar-refractivity contribution in [2.24, 2.45) is 0 Å². The molecule has 2 nitrogen and oxygen atoms in total. The van der Waals surface area contributed by atoms with E-state index in [4.69, 9.17) is 4.74 Å². The second-order valence-corrected chi connectivity index (χ2v) is 5.60. The van der Waals surface area contributed by atoms with E-state index in [0.29, 0.717) is 18.1 Å². The molecule has 0 amide bonds. The first kappa shape index (κ1) is 12.8. The third-order valence-corrected chi connectivity index (χ3v) is 3.78. The molecule has 0 bridgehead atoms. The third-order valence-electron chi connectivity index (χ3n) is 3.21. The summed E-state index contributed by atoms with van der Waals surface area (Å²) in [6.45, 7) is 4.42. The summed E-state index contributed by atoms with van der Waals surface area (Å²) in [5.74, 6) is 1.58. The molecule has 0 atom stereocenters. The molecule has 0 radical (unpaired) electrons. The molecule has 94 valence electrons. The quantitative estimate of drug-likeness (QED) is 0.808. The van der Waals surface area contributed by atoms with E-state index in [-0.39, 0.29) is 0 Å². The van der Waals surface area contributed by atoms with Gasteiger partial charge in [-0.05, 0) is 29.9 Å². The smallest absolute Gasteiger partial charge is 0.120 e. The summed E-state index contributed by atoms with van der Waals surface area (Å²) >= 11 is 1.69. The predicted molar refractivity (Wildman–Crippen MR) is 74.6 cm³/mol. The van der Waals surface area contributed by atoms with E-state index in [1.807, 2.05) is 0 Å². The number of ether oxygens (including phenoxy) is 1. The van der Waals surface area contributed by atoms with Gasteiger partial charge in [0, 0.05) is 18.9 Å². The Morgan fingerprint density at radius 1 is 1.35 bits per heavy atom. The fraction of sp³-hybridized carbons (Fsp3) is 0.571. The van der Waals surface area contributed by atoms with E-state index < -0.39 is 0 Å². The van der Waals surface area contributed by atoms with Crippen molar-refractivity contribution in [2.75, 3.05) is 6.26 Å². The lowest BCUT2D eigenvalue weighted by Gasteiger charge is -2.35. The number of benzene rings is 1. The Kier molecular flexibility index (Phi) is 4.35. The standard InChI is InChI=1S/C14H21NOS/c1-10(2)11-5-4-6-13(7-11)16-14-8-12(9-14)15-17-3/h4-7,10,12,14-15H,8-9H2,1-3H3. The summed E-state index contributed by atoms with van der Waals surface area (Å²) in [5.41, 5.74) is 1.35. The molecule has 0 spiro atoms. The first-order chi connectivity index (χ1) is 8.19. The zero-order valence-corrected chi connectivity index (χ0v) is 11.6. The van der Waals surface area contributed by atoms with Crippen LogP contribution in [-0.2, 0) is 0 Å². The lowest BCUT2D eigenvalue weighted by Crippen LogP contribution is -2.44. The summed E-state index contributed by atoms with van der Waals surface area (Å²) in [6, 6.07) is 9.10. The van der Waals surface area contributed by atoms with Crippen LogP contribution in [0.15, 0.2) is 24.3 Å². The Morgan fingerprint density at radius 3 is 2.76 bits per heavy atom. The molecule has 17 heavy (non-hydrogen) atoms. The van der Waals surface area contributed by atoms with E-state index in [9.17, 15) is 0 Å².